The van der Waals surface area contributed by atoms with Gasteiger partial charge in [-0.05, 0) is 18.8 Å². The Bertz CT molecular complexity index is 149. The van der Waals surface area contributed by atoms with Crippen LogP contribution in [0.25, 0.3) is 0 Å². The van der Waals surface area contributed by atoms with Gasteiger partial charge < -0.3 is 4.74 Å². The van der Waals surface area contributed by atoms with Crippen molar-refractivity contribution in [3.8, 4) is 0 Å². The Balaban J connectivity index is 0.000000336. The third-order valence-corrected chi connectivity index (χ3v) is 3.28. The molecule has 1 heteroatoms. The van der Waals surface area contributed by atoms with Crippen molar-refractivity contribution in [2.45, 2.75) is 59.7 Å². The van der Waals surface area contributed by atoms with Gasteiger partial charge in [-0.25, -0.2) is 0 Å². The first-order valence-corrected chi connectivity index (χ1v) is 5.28. The molecule has 1 aliphatic carbocycles. The molecule has 1 nitrogen and oxygen atoms in total. The Morgan fingerprint density at radius 2 is 1.75 bits per heavy atom. The lowest BCUT2D eigenvalue weighted by molar-refractivity contribution is -0.280. The van der Waals surface area contributed by atoms with Crippen LogP contribution >= 0.6 is 0 Å². The van der Waals surface area contributed by atoms with E-state index in [1.807, 2.05) is 13.8 Å². The highest BCUT2D eigenvalue weighted by Gasteiger charge is 2.54. The first-order valence-electron chi connectivity index (χ1n) is 5.28. The summed E-state index contributed by atoms with van der Waals surface area (Å²) in [5.41, 5.74) is 0.484. The van der Waals surface area contributed by atoms with Gasteiger partial charge in [0.25, 0.3) is 0 Å². The van der Waals surface area contributed by atoms with Crippen molar-refractivity contribution in [2.24, 2.45) is 11.3 Å². The van der Waals surface area contributed by atoms with Crippen LogP contribution in [0.1, 0.15) is 47.5 Å². The molecular formula is C11H22O. The topological polar surface area (TPSA) is 9.23 Å². The van der Waals surface area contributed by atoms with Crippen LogP contribution in [0.4, 0.5) is 0 Å². The monoisotopic (exact) mass is 170 g/mol. The zero-order chi connectivity index (χ0) is 9.35. The molecule has 3 fully saturated rings. The zero-order valence-corrected chi connectivity index (χ0v) is 9.05. The number of ether oxygens (including phenoxy) is 1. The van der Waals surface area contributed by atoms with Gasteiger partial charge in [0, 0.05) is 5.41 Å². The van der Waals surface area contributed by atoms with Gasteiger partial charge in [0.1, 0.15) is 0 Å². The Morgan fingerprint density at radius 1 is 1.17 bits per heavy atom. The van der Waals surface area contributed by atoms with Crippen molar-refractivity contribution < 1.29 is 4.74 Å². The Morgan fingerprint density at radius 3 is 2.00 bits per heavy atom. The highest BCUT2D eigenvalue weighted by Crippen LogP contribution is 2.51. The molecule has 0 amide bonds. The van der Waals surface area contributed by atoms with Crippen molar-refractivity contribution in [3.05, 3.63) is 0 Å². The summed E-state index contributed by atoms with van der Waals surface area (Å²) in [5.74, 6) is 0.792. The normalized spacial score (nSPS) is 42.2. The van der Waals surface area contributed by atoms with Gasteiger partial charge in [0.2, 0.25) is 0 Å². The van der Waals surface area contributed by atoms with E-state index in [-0.39, 0.29) is 0 Å². The van der Waals surface area contributed by atoms with E-state index in [4.69, 9.17) is 4.74 Å². The molecule has 2 saturated heterocycles. The van der Waals surface area contributed by atoms with Gasteiger partial charge in [-0.15, -0.1) is 0 Å². The van der Waals surface area contributed by atoms with Crippen molar-refractivity contribution in [2.75, 3.05) is 0 Å². The van der Waals surface area contributed by atoms with E-state index in [1.165, 1.54) is 12.8 Å². The van der Waals surface area contributed by atoms with Crippen molar-refractivity contribution in [1.29, 1.82) is 0 Å². The molecule has 3 rings (SSSR count). The van der Waals surface area contributed by atoms with Crippen LogP contribution in [0.5, 0.6) is 0 Å². The van der Waals surface area contributed by atoms with Crippen molar-refractivity contribution >= 4 is 0 Å². The van der Waals surface area contributed by atoms with E-state index < -0.39 is 0 Å². The molecule has 3 atom stereocenters. The summed E-state index contributed by atoms with van der Waals surface area (Å²) in [6.07, 6.45) is 3.80. The summed E-state index contributed by atoms with van der Waals surface area (Å²) < 4.78 is 5.70. The van der Waals surface area contributed by atoms with Crippen LogP contribution in [0.2, 0.25) is 0 Å². The van der Waals surface area contributed by atoms with E-state index in [0.717, 1.165) is 5.92 Å². The lowest BCUT2D eigenvalue weighted by atomic mass is 9.63. The highest BCUT2D eigenvalue weighted by atomic mass is 16.5. The third-order valence-electron chi connectivity index (χ3n) is 3.28. The van der Waals surface area contributed by atoms with Gasteiger partial charge in [-0.1, -0.05) is 34.6 Å². The molecule has 0 aromatic heterocycles. The maximum Gasteiger partial charge on any atom is 0.0680 e. The summed E-state index contributed by atoms with van der Waals surface area (Å²) in [7, 11) is 0. The fourth-order valence-electron chi connectivity index (χ4n) is 2.51. The zero-order valence-electron chi connectivity index (χ0n) is 9.05. The smallest absolute Gasteiger partial charge is 0.0680 e. The van der Waals surface area contributed by atoms with E-state index in [1.54, 1.807) is 0 Å². The Kier molecular flexibility index (Phi) is 2.82. The van der Waals surface area contributed by atoms with Gasteiger partial charge in [0.15, 0.2) is 0 Å². The van der Waals surface area contributed by atoms with Crippen LogP contribution in [0.15, 0.2) is 0 Å². The summed E-state index contributed by atoms with van der Waals surface area (Å²) in [5, 5.41) is 0. The molecule has 0 spiro atoms. The van der Waals surface area contributed by atoms with Crippen LogP contribution in [-0.2, 0) is 4.74 Å². The van der Waals surface area contributed by atoms with Gasteiger partial charge in [-0.2, -0.15) is 0 Å². The van der Waals surface area contributed by atoms with Crippen LogP contribution in [-0.4, -0.2) is 12.2 Å². The lowest BCUT2D eigenvalue weighted by Crippen LogP contribution is -2.62. The molecule has 0 aromatic carbocycles. The predicted molar refractivity (Wildman–Crippen MR) is 52.2 cm³/mol. The first-order chi connectivity index (χ1) is 5.62. The summed E-state index contributed by atoms with van der Waals surface area (Å²) >= 11 is 0. The molecule has 2 bridgehead atoms. The summed E-state index contributed by atoms with van der Waals surface area (Å²) in [6, 6.07) is 0. The second-order valence-electron chi connectivity index (χ2n) is 4.42. The maximum absolute atomic E-state index is 5.70. The van der Waals surface area contributed by atoms with E-state index >= 15 is 0 Å². The Hall–Kier alpha value is -0.0400. The minimum atomic E-state index is 0.484. The van der Waals surface area contributed by atoms with E-state index in [9.17, 15) is 0 Å². The fraction of sp³-hybridized carbons (Fsp3) is 1.00. The standard InChI is InChI=1S/C9H16O.C2H6/c1-6-4-5-7-9(2,3)8(6)10-7;1-2/h6-8H,4-5H2,1-3H3;1-2H3. The largest absolute Gasteiger partial charge is 0.373 e. The number of rotatable bonds is 0. The molecular weight excluding hydrogens is 148 g/mol. The van der Waals surface area contributed by atoms with E-state index in [0.29, 0.717) is 17.6 Å². The second kappa shape index (κ2) is 3.37. The molecule has 0 radical (unpaired) electrons. The maximum atomic E-state index is 5.70. The minimum absolute atomic E-state index is 0.484. The fourth-order valence-corrected chi connectivity index (χ4v) is 2.51. The molecule has 3 unspecified atom stereocenters. The van der Waals surface area contributed by atoms with Crippen LogP contribution < -0.4 is 0 Å². The minimum Gasteiger partial charge on any atom is -0.373 e. The quantitative estimate of drug-likeness (QED) is 0.542. The number of fused-ring (bicyclic) bond motifs is 2. The van der Waals surface area contributed by atoms with E-state index in [2.05, 4.69) is 20.8 Å². The second-order valence-corrected chi connectivity index (χ2v) is 4.42. The van der Waals surface area contributed by atoms with Crippen molar-refractivity contribution in [1.82, 2.24) is 0 Å². The van der Waals surface area contributed by atoms with Gasteiger partial charge in [-0.3, -0.25) is 0 Å². The average Bonchev–Trinajstić information content (AvgIpc) is 2.07. The summed E-state index contributed by atoms with van der Waals surface area (Å²) in [4.78, 5) is 0. The molecule has 0 N–H and O–H groups in total. The SMILES string of the molecule is CC.CC1CCC2OC1C2(C)C. The number of hydrogen-bond acceptors (Lipinski definition) is 1. The number of hydrogen-bond donors (Lipinski definition) is 0. The molecule has 12 heavy (non-hydrogen) atoms. The molecule has 2 aliphatic heterocycles. The summed E-state index contributed by atoms with van der Waals surface area (Å²) in [6.45, 7) is 11.0. The molecule has 72 valence electrons. The lowest BCUT2D eigenvalue weighted by Gasteiger charge is -2.58. The Labute approximate surface area is 76.5 Å². The first kappa shape index (κ1) is 10.0. The molecule has 0 aromatic rings. The highest BCUT2D eigenvalue weighted by molar-refractivity contribution is 5.02. The predicted octanol–water partition coefficient (Wildman–Crippen LogP) is 3.24. The molecule has 1 saturated carbocycles. The van der Waals surface area contributed by atoms with Crippen molar-refractivity contribution in [3.63, 3.8) is 0 Å². The van der Waals surface area contributed by atoms with Gasteiger partial charge in [0.05, 0.1) is 12.2 Å². The molecule has 2 heterocycles. The van der Waals surface area contributed by atoms with Gasteiger partial charge >= 0.3 is 0 Å². The van der Waals surface area contributed by atoms with Crippen LogP contribution in [0.3, 0.4) is 0 Å². The average molecular weight is 170 g/mol. The molecule has 3 aliphatic rings. The third kappa shape index (κ3) is 1.28. The van der Waals surface area contributed by atoms with Crippen LogP contribution in [0, 0.1) is 11.3 Å².